The Hall–Kier alpha value is -2.82. The third-order valence-corrected chi connectivity index (χ3v) is 4.26. The Morgan fingerprint density at radius 3 is 2.65 bits per heavy atom. The second-order valence-corrected chi connectivity index (χ2v) is 6.34. The van der Waals surface area contributed by atoms with Gasteiger partial charge in [-0.15, -0.1) is 15.3 Å². The van der Waals surface area contributed by atoms with Crippen molar-refractivity contribution in [1.29, 1.82) is 0 Å². The first-order valence-electron chi connectivity index (χ1n) is 7.53. The summed E-state index contributed by atoms with van der Waals surface area (Å²) in [5.74, 6) is -0.542. The van der Waals surface area contributed by atoms with Crippen LogP contribution in [0.4, 0.5) is 13.2 Å². The van der Waals surface area contributed by atoms with Crippen molar-refractivity contribution in [3.05, 3.63) is 47.2 Å². The molecule has 2 aromatic heterocycles. The van der Waals surface area contributed by atoms with E-state index in [2.05, 4.69) is 25.8 Å². The first-order valence-corrected chi connectivity index (χ1v) is 8.35. The van der Waals surface area contributed by atoms with Crippen molar-refractivity contribution in [1.82, 2.24) is 30.5 Å². The number of hydrogen-bond acceptors (Lipinski definition) is 6. The van der Waals surface area contributed by atoms with Crippen LogP contribution in [0.25, 0.3) is 10.6 Å². The summed E-state index contributed by atoms with van der Waals surface area (Å²) in [6.07, 6.45) is -4.15. The van der Waals surface area contributed by atoms with E-state index >= 15 is 0 Å². The molecule has 0 spiro atoms. The highest BCUT2D eigenvalue weighted by Crippen LogP contribution is 2.23. The zero-order chi connectivity index (χ0) is 18.6. The Morgan fingerprint density at radius 1 is 1.15 bits per heavy atom. The number of aromatic nitrogens is 5. The molecule has 1 aromatic carbocycles. The van der Waals surface area contributed by atoms with E-state index in [0.29, 0.717) is 5.01 Å². The van der Waals surface area contributed by atoms with E-state index in [4.69, 9.17) is 0 Å². The summed E-state index contributed by atoms with van der Waals surface area (Å²) in [6, 6.07) is 9.48. The first kappa shape index (κ1) is 18.0. The Labute approximate surface area is 149 Å². The summed E-state index contributed by atoms with van der Waals surface area (Å²) in [4.78, 5) is 12.0. The second-order valence-electron chi connectivity index (χ2n) is 5.28. The van der Waals surface area contributed by atoms with Gasteiger partial charge in [-0.05, 0) is 0 Å². The van der Waals surface area contributed by atoms with E-state index in [9.17, 15) is 18.0 Å². The monoisotopic (exact) mass is 382 g/mol. The van der Waals surface area contributed by atoms with Crippen molar-refractivity contribution in [3.8, 4) is 10.6 Å². The molecule has 0 saturated heterocycles. The highest BCUT2D eigenvalue weighted by Gasteiger charge is 2.27. The molecule has 7 nitrogen and oxygen atoms in total. The minimum Gasteiger partial charge on any atom is -0.344 e. The van der Waals surface area contributed by atoms with Crippen molar-refractivity contribution < 1.29 is 18.0 Å². The van der Waals surface area contributed by atoms with Gasteiger partial charge < -0.3 is 5.32 Å². The average Bonchev–Trinajstić information content (AvgIpc) is 3.28. The minimum atomic E-state index is -4.29. The number of benzene rings is 1. The molecule has 0 saturated carbocycles. The lowest BCUT2D eigenvalue weighted by Gasteiger charge is -2.04. The minimum absolute atomic E-state index is 0.0556. The fourth-order valence-electron chi connectivity index (χ4n) is 2.02. The molecule has 0 bridgehead atoms. The molecule has 0 aliphatic heterocycles. The molecule has 0 aliphatic rings. The average molecular weight is 382 g/mol. The van der Waals surface area contributed by atoms with Crippen LogP contribution in [0.15, 0.2) is 36.5 Å². The molecular formula is C15H13F3N6OS. The Kier molecular flexibility index (Phi) is 5.26. The van der Waals surface area contributed by atoms with Gasteiger partial charge in [0.1, 0.15) is 10.0 Å². The molecule has 0 unspecified atom stereocenters. The predicted molar refractivity (Wildman–Crippen MR) is 87.2 cm³/mol. The summed E-state index contributed by atoms with van der Waals surface area (Å²) in [7, 11) is 0. The summed E-state index contributed by atoms with van der Waals surface area (Å²) < 4.78 is 37.5. The molecule has 2 heterocycles. The van der Waals surface area contributed by atoms with Gasteiger partial charge in [-0.3, -0.25) is 9.48 Å². The van der Waals surface area contributed by atoms with Gasteiger partial charge in [0.15, 0.2) is 5.69 Å². The van der Waals surface area contributed by atoms with Crippen LogP contribution >= 0.6 is 11.3 Å². The lowest BCUT2D eigenvalue weighted by molar-refractivity contribution is -0.137. The van der Waals surface area contributed by atoms with Gasteiger partial charge in [0.25, 0.3) is 5.91 Å². The molecule has 136 valence electrons. The highest BCUT2D eigenvalue weighted by atomic mass is 32.1. The maximum absolute atomic E-state index is 12.2. The lowest BCUT2D eigenvalue weighted by Crippen LogP contribution is -2.23. The molecule has 0 radical (unpaired) electrons. The third kappa shape index (κ3) is 4.85. The highest BCUT2D eigenvalue weighted by molar-refractivity contribution is 7.14. The smallest absolute Gasteiger partial charge is 0.344 e. The molecule has 3 rings (SSSR count). The quantitative estimate of drug-likeness (QED) is 0.708. The summed E-state index contributed by atoms with van der Waals surface area (Å²) in [5, 5.41) is 19.1. The number of nitrogens with one attached hydrogen (secondary N) is 1. The number of rotatable bonds is 6. The number of amides is 1. The van der Waals surface area contributed by atoms with Crippen molar-refractivity contribution in [2.45, 2.75) is 25.7 Å². The van der Waals surface area contributed by atoms with Crippen LogP contribution in [0, 0.1) is 0 Å². The zero-order valence-corrected chi connectivity index (χ0v) is 14.1. The number of carbonyl (C=O) groups is 1. The van der Waals surface area contributed by atoms with Crippen LogP contribution in [0.1, 0.15) is 21.9 Å². The largest absolute Gasteiger partial charge is 0.390 e. The van der Waals surface area contributed by atoms with Crippen molar-refractivity contribution in [2.24, 2.45) is 0 Å². The van der Waals surface area contributed by atoms with Gasteiger partial charge in [-0.1, -0.05) is 46.9 Å². The number of aryl methyl sites for hydroxylation is 1. The van der Waals surface area contributed by atoms with E-state index in [1.807, 2.05) is 30.3 Å². The SMILES string of the molecule is O=C(NCc1nnc(-c2ccccc2)s1)c1cn(CCC(F)(F)F)nn1. The summed E-state index contributed by atoms with van der Waals surface area (Å²) >= 11 is 1.34. The molecule has 1 N–H and O–H groups in total. The zero-order valence-electron chi connectivity index (χ0n) is 13.3. The van der Waals surface area contributed by atoms with E-state index in [1.165, 1.54) is 17.5 Å². The van der Waals surface area contributed by atoms with Gasteiger partial charge in [0.05, 0.1) is 25.7 Å². The molecule has 0 aliphatic carbocycles. The summed E-state index contributed by atoms with van der Waals surface area (Å²) in [5.41, 5.74) is 0.871. The molecule has 1 amide bonds. The lowest BCUT2D eigenvalue weighted by atomic mass is 10.2. The predicted octanol–water partition coefficient (Wildman–Crippen LogP) is 2.68. The number of alkyl halides is 3. The molecule has 26 heavy (non-hydrogen) atoms. The van der Waals surface area contributed by atoms with Crippen molar-refractivity contribution in [2.75, 3.05) is 0 Å². The molecule has 0 fully saturated rings. The number of nitrogens with zero attached hydrogens (tertiary/aromatic N) is 5. The van der Waals surface area contributed by atoms with Gasteiger partial charge in [-0.2, -0.15) is 13.2 Å². The molecule has 0 atom stereocenters. The maximum Gasteiger partial charge on any atom is 0.390 e. The standard InChI is InChI=1S/C15H13F3N6OS/c16-15(17,18)6-7-24-9-11(20-23-24)13(25)19-8-12-21-22-14(26-12)10-4-2-1-3-5-10/h1-5,9H,6-8H2,(H,19,25). The topological polar surface area (TPSA) is 85.6 Å². The van der Waals surface area contributed by atoms with Crippen molar-refractivity contribution >= 4 is 17.2 Å². The van der Waals surface area contributed by atoms with Crippen LogP contribution in [0.5, 0.6) is 0 Å². The van der Waals surface area contributed by atoms with Gasteiger partial charge in [0.2, 0.25) is 0 Å². The van der Waals surface area contributed by atoms with E-state index < -0.39 is 18.5 Å². The summed E-state index contributed by atoms with van der Waals surface area (Å²) in [6.45, 7) is -0.251. The first-order chi connectivity index (χ1) is 12.4. The Balaban J connectivity index is 1.55. The van der Waals surface area contributed by atoms with Gasteiger partial charge in [0, 0.05) is 5.56 Å². The fraction of sp³-hybridized carbons (Fsp3) is 0.267. The van der Waals surface area contributed by atoms with E-state index in [0.717, 1.165) is 15.3 Å². The Bertz CT molecular complexity index is 877. The number of hydrogen-bond donors (Lipinski definition) is 1. The second kappa shape index (κ2) is 7.60. The van der Waals surface area contributed by atoms with Crippen LogP contribution in [0.2, 0.25) is 0 Å². The third-order valence-electron chi connectivity index (χ3n) is 3.28. The van der Waals surface area contributed by atoms with Crippen LogP contribution < -0.4 is 5.32 Å². The van der Waals surface area contributed by atoms with Gasteiger partial charge in [-0.25, -0.2) is 0 Å². The van der Waals surface area contributed by atoms with Crippen LogP contribution in [-0.2, 0) is 13.1 Å². The number of carbonyl (C=O) groups excluding carboxylic acids is 1. The molecule has 11 heteroatoms. The van der Waals surface area contributed by atoms with Crippen LogP contribution in [-0.4, -0.2) is 37.3 Å². The number of halogens is 3. The van der Waals surface area contributed by atoms with Crippen molar-refractivity contribution in [3.63, 3.8) is 0 Å². The Morgan fingerprint density at radius 2 is 1.92 bits per heavy atom. The van der Waals surface area contributed by atoms with E-state index in [1.54, 1.807) is 0 Å². The molecular weight excluding hydrogens is 369 g/mol. The normalized spacial score (nSPS) is 11.5. The van der Waals surface area contributed by atoms with Crippen LogP contribution in [0.3, 0.4) is 0 Å². The molecule has 3 aromatic rings. The van der Waals surface area contributed by atoms with E-state index in [-0.39, 0.29) is 18.8 Å². The van der Waals surface area contributed by atoms with Gasteiger partial charge >= 0.3 is 6.18 Å². The maximum atomic E-state index is 12.2. The fourth-order valence-corrected chi connectivity index (χ4v) is 2.81.